The topological polar surface area (TPSA) is 76.7 Å². The van der Waals surface area contributed by atoms with Crippen molar-refractivity contribution >= 4 is 34.8 Å². The first-order valence-electron chi connectivity index (χ1n) is 13.6. The molecule has 0 spiro atoms. The molecule has 2 aliphatic rings. The molecular weight excluding hydrogens is 569 g/mol. The van der Waals surface area contributed by atoms with Gasteiger partial charge in [-0.3, -0.25) is 14.5 Å². The molecule has 1 atom stereocenters. The van der Waals surface area contributed by atoms with Crippen LogP contribution in [-0.4, -0.2) is 68.2 Å². The highest BCUT2D eigenvalue weighted by atomic mass is 35.5. The number of anilines is 2. The maximum absolute atomic E-state index is 14.8. The Kier molecular flexibility index (Phi) is 10.4. The third kappa shape index (κ3) is 8.76. The van der Waals surface area contributed by atoms with Crippen LogP contribution in [0.25, 0.3) is 0 Å². The van der Waals surface area contributed by atoms with E-state index in [1.807, 2.05) is 4.90 Å². The fourth-order valence-corrected chi connectivity index (χ4v) is 5.28. The van der Waals surface area contributed by atoms with Crippen molar-refractivity contribution in [3.8, 4) is 0 Å². The Morgan fingerprint density at radius 3 is 2.49 bits per heavy atom. The lowest BCUT2D eigenvalue weighted by molar-refractivity contribution is -0.138. The van der Waals surface area contributed by atoms with Gasteiger partial charge in [0.05, 0.1) is 17.8 Å². The van der Waals surface area contributed by atoms with Gasteiger partial charge in [0.15, 0.2) is 11.6 Å². The van der Waals surface area contributed by atoms with Gasteiger partial charge < -0.3 is 20.9 Å². The molecule has 0 bridgehead atoms. The van der Waals surface area contributed by atoms with Crippen molar-refractivity contribution in [2.75, 3.05) is 49.5 Å². The zero-order valence-corrected chi connectivity index (χ0v) is 23.2. The van der Waals surface area contributed by atoms with E-state index in [2.05, 4.69) is 16.0 Å². The van der Waals surface area contributed by atoms with Crippen LogP contribution >= 0.6 is 11.6 Å². The van der Waals surface area contributed by atoms with E-state index in [9.17, 15) is 31.5 Å². The molecule has 7 nitrogen and oxygen atoms in total. The molecule has 0 aromatic heterocycles. The van der Waals surface area contributed by atoms with Crippen molar-refractivity contribution in [1.82, 2.24) is 15.5 Å². The largest absolute Gasteiger partial charge is 0.390 e. The highest BCUT2D eigenvalue weighted by Crippen LogP contribution is 2.31. The fraction of sp³-hybridized carbons (Fsp3) is 0.500. The van der Waals surface area contributed by atoms with Crippen LogP contribution in [0.3, 0.4) is 0 Å². The molecule has 4 rings (SSSR count). The smallest absolute Gasteiger partial charge is 0.367 e. The molecule has 2 fully saturated rings. The molecule has 0 aliphatic carbocycles. The van der Waals surface area contributed by atoms with Crippen molar-refractivity contribution in [3.05, 3.63) is 58.1 Å². The van der Waals surface area contributed by atoms with E-state index in [1.54, 1.807) is 23.1 Å². The number of rotatable bonds is 9. The van der Waals surface area contributed by atoms with E-state index in [-0.39, 0.29) is 42.6 Å². The molecule has 0 radical (unpaired) electrons. The van der Waals surface area contributed by atoms with Gasteiger partial charge in [-0.25, -0.2) is 8.78 Å². The Balaban J connectivity index is 1.44. The van der Waals surface area contributed by atoms with Crippen LogP contribution in [0.5, 0.6) is 0 Å². The first kappa shape index (κ1) is 31.0. The lowest BCUT2D eigenvalue weighted by atomic mass is 10.0. The van der Waals surface area contributed by atoms with Crippen LogP contribution in [0.2, 0.25) is 5.02 Å². The predicted octanol–water partition coefficient (Wildman–Crippen LogP) is 5.09. The quantitative estimate of drug-likeness (QED) is 0.349. The molecule has 3 N–H and O–H groups in total. The first-order valence-corrected chi connectivity index (χ1v) is 14.0. The third-order valence-electron chi connectivity index (χ3n) is 7.38. The number of nitrogens with one attached hydrogen (secondary N) is 3. The molecule has 2 aromatic carbocycles. The number of alkyl halides is 3. The number of nitrogens with zero attached hydrogens (tertiary/aromatic N) is 2. The van der Waals surface area contributed by atoms with Crippen LogP contribution in [0.4, 0.5) is 33.3 Å². The summed E-state index contributed by atoms with van der Waals surface area (Å²) in [5.41, 5.74) is 0.490. The van der Waals surface area contributed by atoms with Gasteiger partial charge >= 0.3 is 6.18 Å². The Labute approximate surface area is 240 Å². The molecule has 13 heteroatoms. The molecule has 41 heavy (non-hydrogen) atoms. The van der Waals surface area contributed by atoms with Crippen LogP contribution in [0, 0.1) is 11.6 Å². The summed E-state index contributed by atoms with van der Waals surface area (Å²) in [7, 11) is 0. The maximum atomic E-state index is 14.8. The van der Waals surface area contributed by atoms with E-state index in [0.717, 1.165) is 37.9 Å². The maximum Gasteiger partial charge on any atom is 0.390 e. The van der Waals surface area contributed by atoms with E-state index in [0.29, 0.717) is 42.6 Å². The summed E-state index contributed by atoms with van der Waals surface area (Å²) in [6, 6.07) is 6.79. The van der Waals surface area contributed by atoms with Crippen LogP contribution < -0.4 is 20.9 Å². The summed E-state index contributed by atoms with van der Waals surface area (Å²) >= 11 is 6.21. The number of amides is 2. The molecule has 2 aromatic rings. The SMILES string of the molecule is O=C(CC1CCCCN1)NCc1c(C(=O)Nc2ccc(Cl)cc2N2CCN(CCC(F)(F)F)CC2)ccc(F)c1F. The summed E-state index contributed by atoms with van der Waals surface area (Å²) in [5, 5.41) is 8.98. The van der Waals surface area contributed by atoms with Gasteiger partial charge in [0.2, 0.25) is 5.91 Å². The minimum Gasteiger partial charge on any atom is -0.367 e. The van der Waals surface area contributed by atoms with E-state index < -0.39 is 30.1 Å². The van der Waals surface area contributed by atoms with Gasteiger partial charge in [-0.1, -0.05) is 18.0 Å². The van der Waals surface area contributed by atoms with E-state index in [1.165, 1.54) is 0 Å². The highest BCUT2D eigenvalue weighted by molar-refractivity contribution is 6.31. The molecule has 0 saturated carbocycles. The monoisotopic (exact) mass is 601 g/mol. The first-order chi connectivity index (χ1) is 19.5. The summed E-state index contributed by atoms with van der Waals surface area (Å²) in [6.45, 7) is 1.94. The molecule has 2 amide bonds. The zero-order chi connectivity index (χ0) is 29.6. The molecule has 2 saturated heterocycles. The zero-order valence-electron chi connectivity index (χ0n) is 22.4. The van der Waals surface area contributed by atoms with E-state index >= 15 is 0 Å². The Morgan fingerprint density at radius 2 is 1.80 bits per heavy atom. The predicted molar refractivity (Wildman–Crippen MR) is 147 cm³/mol. The third-order valence-corrected chi connectivity index (χ3v) is 7.61. The molecule has 2 aliphatic heterocycles. The highest BCUT2D eigenvalue weighted by Gasteiger charge is 2.29. The van der Waals surface area contributed by atoms with E-state index in [4.69, 9.17) is 11.6 Å². The van der Waals surface area contributed by atoms with Crippen LogP contribution in [0.15, 0.2) is 30.3 Å². The molecular formula is C28H33ClF5N5O2. The van der Waals surface area contributed by atoms with Gasteiger partial charge in [-0.05, 0) is 49.7 Å². The second-order valence-corrected chi connectivity index (χ2v) is 10.8. The summed E-state index contributed by atoms with van der Waals surface area (Å²) in [6.07, 6.45) is -2.03. The normalized spacial score (nSPS) is 18.3. The number of hydrogen-bond acceptors (Lipinski definition) is 5. The molecule has 224 valence electrons. The number of carbonyl (C=O) groups excluding carboxylic acids is 2. The number of halogens is 6. The van der Waals surface area contributed by atoms with Crippen molar-refractivity contribution in [2.45, 2.75) is 50.9 Å². The number of carbonyl (C=O) groups is 2. The lowest BCUT2D eigenvalue weighted by Gasteiger charge is -2.37. The second-order valence-electron chi connectivity index (χ2n) is 10.3. The van der Waals surface area contributed by atoms with Crippen molar-refractivity contribution in [3.63, 3.8) is 0 Å². The standard InChI is InChI=1S/C28H33ClF5N5O2/c29-18-4-7-23(24(15-18)39-13-11-38(12-14-39)10-8-28(32,33)34)37-27(41)20-5-6-22(30)26(31)21(20)17-36-25(40)16-19-3-1-2-9-35-19/h4-7,15,19,35H,1-3,8-14,16-17H2,(H,36,40)(H,37,41). The average molecular weight is 602 g/mol. The Bertz CT molecular complexity index is 1230. The van der Waals surface area contributed by atoms with Crippen molar-refractivity contribution in [2.24, 2.45) is 0 Å². The number of benzene rings is 2. The molecule has 2 heterocycles. The summed E-state index contributed by atoms with van der Waals surface area (Å²) in [5.74, 6) is -3.42. The van der Waals surface area contributed by atoms with Gasteiger partial charge in [-0.15, -0.1) is 0 Å². The number of piperazine rings is 1. The summed E-state index contributed by atoms with van der Waals surface area (Å²) < 4.78 is 66.8. The minimum atomic E-state index is -4.23. The van der Waals surface area contributed by atoms with Crippen LogP contribution in [0.1, 0.15) is 48.0 Å². The molecule has 1 unspecified atom stereocenters. The van der Waals surface area contributed by atoms with Gasteiger partial charge in [0.25, 0.3) is 5.91 Å². The van der Waals surface area contributed by atoms with Gasteiger partial charge in [0.1, 0.15) is 0 Å². The van der Waals surface area contributed by atoms with Crippen molar-refractivity contribution < 1.29 is 31.5 Å². The fourth-order valence-electron chi connectivity index (χ4n) is 5.12. The minimum absolute atomic E-state index is 0.0127. The average Bonchev–Trinajstić information content (AvgIpc) is 2.94. The number of piperidine rings is 1. The lowest BCUT2D eigenvalue weighted by Crippen LogP contribution is -2.47. The Morgan fingerprint density at radius 1 is 1.05 bits per heavy atom. The summed E-state index contributed by atoms with van der Waals surface area (Å²) in [4.78, 5) is 29.4. The van der Waals surface area contributed by atoms with Crippen LogP contribution in [-0.2, 0) is 11.3 Å². The van der Waals surface area contributed by atoms with Gasteiger partial charge in [-0.2, -0.15) is 13.2 Å². The Hall–Kier alpha value is -2.96. The second kappa shape index (κ2) is 13.8. The number of hydrogen-bond donors (Lipinski definition) is 3. The van der Waals surface area contributed by atoms with Gasteiger partial charge in [0, 0.05) is 67.9 Å². The van der Waals surface area contributed by atoms with Crippen molar-refractivity contribution in [1.29, 1.82) is 0 Å².